The van der Waals surface area contributed by atoms with Crippen molar-refractivity contribution >= 4 is 11.8 Å². The van der Waals surface area contributed by atoms with E-state index in [9.17, 15) is 30.0 Å². The van der Waals surface area contributed by atoms with Crippen molar-refractivity contribution < 1.29 is 30.0 Å². The molecule has 0 aliphatic heterocycles. The molecule has 0 aromatic heterocycles. The fourth-order valence-electron chi connectivity index (χ4n) is 10.9. The van der Waals surface area contributed by atoms with Crippen molar-refractivity contribution in [3.8, 4) is 0 Å². The molecule has 0 spiro atoms. The van der Waals surface area contributed by atoms with Gasteiger partial charge in [0, 0.05) is 17.3 Å². The number of allylic oxidation sites excluding steroid dienone is 1. The van der Waals surface area contributed by atoms with Crippen LogP contribution in [0.2, 0.25) is 0 Å². The third kappa shape index (κ3) is 2.85. The molecule has 5 rings (SSSR count). The maximum atomic E-state index is 13.1. The van der Waals surface area contributed by atoms with E-state index in [2.05, 4.69) is 40.7 Å². The second kappa shape index (κ2) is 7.89. The summed E-state index contributed by atoms with van der Waals surface area (Å²) in [4.78, 5) is 26.0. The molecule has 0 amide bonds. The summed E-state index contributed by atoms with van der Waals surface area (Å²) in [6.07, 6.45) is 4.65. The first kappa shape index (κ1) is 26.4. The first-order valence-corrected chi connectivity index (χ1v) is 14.1. The molecule has 0 saturated heterocycles. The maximum Gasteiger partial charge on any atom is 0.310 e. The lowest BCUT2D eigenvalue weighted by atomic mass is 9.32. The molecular formula is C30H46O6. The van der Waals surface area contributed by atoms with Gasteiger partial charge in [-0.05, 0) is 78.9 Å². The van der Waals surface area contributed by atoms with E-state index in [0.29, 0.717) is 12.3 Å². The SMILES string of the molecule is C[C@H]1[C@H](C)CC[C@]2(C(=O)O)C[C@H](O)[C@]3(C)C(=CC[C@@H]4[C@@]5(C)CC(=O)[C@H](O)[C@@](C)(CO)[C@@H]5CC[C@]43C)[C@H]12. The van der Waals surface area contributed by atoms with E-state index in [1.807, 2.05) is 6.92 Å². The Balaban J connectivity index is 1.66. The van der Waals surface area contributed by atoms with Gasteiger partial charge in [0.25, 0.3) is 0 Å². The minimum Gasteiger partial charge on any atom is -0.481 e. The zero-order chi connectivity index (χ0) is 26.6. The van der Waals surface area contributed by atoms with E-state index >= 15 is 0 Å². The highest BCUT2D eigenvalue weighted by atomic mass is 16.4. The Hall–Kier alpha value is -1.24. The number of hydrogen-bond donors (Lipinski definition) is 4. The van der Waals surface area contributed by atoms with Crippen LogP contribution in [0.5, 0.6) is 0 Å². The highest BCUT2D eigenvalue weighted by Crippen LogP contribution is 2.75. The van der Waals surface area contributed by atoms with E-state index in [1.54, 1.807) is 0 Å². The van der Waals surface area contributed by atoms with Crippen LogP contribution in [0.1, 0.15) is 86.5 Å². The van der Waals surface area contributed by atoms with Crippen molar-refractivity contribution in [2.75, 3.05) is 6.61 Å². The van der Waals surface area contributed by atoms with E-state index in [4.69, 9.17) is 0 Å². The standard InChI is InChI=1S/C30H46O6/c1-16-9-12-30(25(35)36)14-22(33)29(6)18(23(30)17(16)2)7-8-21-26(3)13-19(32)24(34)27(4,15-31)20(26)10-11-28(21,29)5/h7,16-17,20-24,31,33-34H,8-15H2,1-6H3,(H,35,36)/t16-,17+,20-,21-,22+,23+,24+,26+,27+,28-,29+,30+/m1/s1. The zero-order valence-electron chi connectivity index (χ0n) is 22.9. The number of fused-ring (bicyclic) bond motifs is 7. The smallest absolute Gasteiger partial charge is 0.310 e. The number of aliphatic hydroxyl groups excluding tert-OH is 3. The van der Waals surface area contributed by atoms with E-state index < -0.39 is 39.8 Å². The van der Waals surface area contributed by atoms with Crippen molar-refractivity contribution in [1.82, 2.24) is 0 Å². The van der Waals surface area contributed by atoms with Crippen molar-refractivity contribution in [3.05, 3.63) is 11.6 Å². The number of Topliss-reactive ketones (excluding diaryl/α,β-unsaturated/α-hetero) is 1. The molecule has 4 saturated carbocycles. The van der Waals surface area contributed by atoms with Crippen LogP contribution >= 0.6 is 0 Å². The predicted octanol–water partition coefficient (Wildman–Crippen LogP) is 4.21. The third-order valence-corrected chi connectivity index (χ3v) is 13.3. The number of hydrogen-bond acceptors (Lipinski definition) is 5. The molecule has 6 nitrogen and oxygen atoms in total. The molecule has 0 heterocycles. The summed E-state index contributed by atoms with van der Waals surface area (Å²) in [5.74, 6) is -0.364. The molecular weight excluding hydrogens is 456 g/mol. The summed E-state index contributed by atoms with van der Waals surface area (Å²) >= 11 is 0. The molecule has 0 aromatic rings. The summed E-state index contributed by atoms with van der Waals surface area (Å²) in [7, 11) is 0. The van der Waals surface area contributed by atoms with Gasteiger partial charge in [0.15, 0.2) is 5.78 Å². The average molecular weight is 503 g/mol. The second-order valence-electron chi connectivity index (χ2n) is 14.4. The highest BCUT2D eigenvalue weighted by Gasteiger charge is 2.72. The van der Waals surface area contributed by atoms with Gasteiger partial charge < -0.3 is 20.4 Å². The summed E-state index contributed by atoms with van der Waals surface area (Å²) in [5, 5.41) is 43.7. The Morgan fingerprint density at radius 1 is 1.06 bits per heavy atom. The van der Waals surface area contributed by atoms with Crippen LogP contribution in [0.25, 0.3) is 0 Å². The third-order valence-electron chi connectivity index (χ3n) is 13.3. The van der Waals surface area contributed by atoms with Crippen LogP contribution in [0.3, 0.4) is 0 Å². The van der Waals surface area contributed by atoms with Gasteiger partial charge >= 0.3 is 5.97 Å². The molecule has 0 radical (unpaired) electrons. The summed E-state index contributed by atoms with van der Waals surface area (Å²) in [6, 6.07) is 0. The normalized spacial score (nSPS) is 56.5. The molecule has 0 bridgehead atoms. The Kier molecular flexibility index (Phi) is 5.78. The molecule has 0 aromatic carbocycles. The van der Waals surface area contributed by atoms with Gasteiger partial charge in [0.05, 0.1) is 18.1 Å². The maximum absolute atomic E-state index is 13.1. The van der Waals surface area contributed by atoms with Crippen LogP contribution in [-0.4, -0.2) is 51.0 Å². The van der Waals surface area contributed by atoms with Gasteiger partial charge in [0.2, 0.25) is 0 Å². The Labute approximate surface area is 215 Å². The topological polar surface area (TPSA) is 115 Å². The van der Waals surface area contributed by atoms with E-state index in [-0.39, 0.29) is 54.3 Å². The number of rotatable bonds is 2. The Morgan fingerprint density at radius 3 is 2.33 bits per heavy atom. The Morgan fingerprint density at radius 2 is 1.72 bits per heavy atom. The van der Waals surface area contributed by atoms with Crippen LogP contribution < -0.4 is 0 Å². The summed E-state index contributed by atoms with van der Waals surface area (Å²) < 4.78 is 0. The zero-order valence-corrected chi connectivity index (χ0v) is 22.9. The monoisotopic (exact) mass is 502 g/mol. The van der Waals surface area contributed by atoms with Gasteiger partial charge in [-0.15, -0.1) is 0 Å². The Bertz CT molecular complexity index is 1010. The minimum atomic E-state index is -1.16. The van der Waals surface area contributed by atoms with Crippen LogP contribution in [0, 0.1) is 56.7 Å². The van der Waals surface area contributed by atoms with Crippen molar-refractivity contribution in [1.29, 1.82) is 0 Å². The van der Waals surface area contributed by atoms with Gasteiger partial charge in [-0.2, -0.15) is 0 Å². The molecule has 4 N–H and O–H groups in total. The lowest BCUT2D eigenvalue weighted by Gasteiger charge is -2.71. The second-order valence-corrected chi connectivity index (χ2v) is 14.4. The first-order chi connectivity index (χ1) is 16.6. The fourth-order valence-corrected chi connectivity index (χ4v) is 10.9. The summed E-state index contributed by atoms with van der Waals surface area (Å²) in [5.41, 5.74) is -2.01. The van der Waals surface area contributed by atoms with Crippen molar-refractivity contribution in [3.63, 3.8) is 0 Å². The lowest BCUT2D eigenvalue weighted by Crippen LogP contribution is -2.70. The number of ketones is 1. The predicted molar refractivity (Wildman–Crippen MR) is 136 cm³/mol. The van der Waals surface area contributed by atoms with Gasteiger partial charge in [0.1, 0.15) is 6.10 Å². The minimum absolute atomic E-state index is 0.00760. The molecule has 6 heteroatoms. The number of aliphatic hydroxyl groups is 3. The number of aliphatic carboxylic acids is 1. The molecule has 202 valence electrons. The van der Waals surface area contributed by atoms with E-state index in [0.717, 1.165) is 31.3 Å². The van der Waals surface area contributed by atoms with E-state index in [1.165, 1.54) is 0 Å². The molecule has 5 aliphatic rings. The lowest BCUT2D eigenvalue weighted by molar-refractivity contribution is -0.230. The van der Waals surface area contributed by atoms with Crippen LogP contribution in [0.4, 0.5) is 0 Å². The number of carboxylic acids is 1. The quantitative estimate of drug-likeness (QED) is 0.421. The van der Waals surface area contributed by atoms with Gasteiger partial charge in [-0.1, -0.05) is 53.2 Å². The van der Waals surface area contributed by atoms with Crippen molar-refractivity contribution in [2.45, 2.75) is 98.7 Å². The number of carbonyl (C=O) groups excluding carboxylic acids is 1. The molecule has 5 aliphatic carbocycles. The van der Waals surface area contributed by atoms with Crippen LogP contribution in [0.15, 0.2) is 11.6 Å². The first-order valence-electron chi connectivity index (χ1n) is 14.1. The highest BCUT2D eigenvalue weighted by molar-refractivity contribution is 5.85. The molecule has 0 unspecified atom stereocenters. The number of carbonyl (C=O) groups is 2. The van der Waals surface area contributed by atoms with Gasteiger partial charge in [-0.25, -0.2) is 0 Å². The largest absolute Gasteiger partial charge is 0.481 e. The molecule has 12 atom stereocenters. The van der Waals surface area contributed by atoms with Crippen molar-refractivity contribution in [2.24, 2.45) is 56.7 Å². The molecule has 4 fully saturated rings. The summed E-state index contributed by atoms with van der Waals surface area (Å²) in [6.45, 7) is 12.7. The van der Waals surface area contributed by atoms with Gasteiger partial charge in [-0.3, -0.25) is 9.59 Å². The average Bonchev–Trinajstić information content (AvgIpc) is 2.81. The van der Waals surface area contributed by atoms with Crippen LogP contribution in [-0.2, 0) is 9.59 Å². The number of carboxylic acid groups (broad SMARTS) is 1. The molecule has 36 heavy (non-hydrogen) atoms. The fraction of sp³-hybridized carbons (Fsp3) is 0.867.